The number of aromatic nitrogens is 1. The second kappa shape index (κ2) is 8.39. The predicted octanol–water partition coefficient (Wildman–Crippen LogP) is 5.55. The van der Waals surface area contributed by atoms with E-state index in [2.05, 4.69) is 15.6 Å². The van der Waals surface area contributed by atoms with Gasteiger partial charge in [-0.05, 0) is 42.5 Å². The first-order chi connectivity index (χ1) is 12.9. The van der Waals surface area contributed by atoms with Crippen molar-refractivity contribution in [2.24, 2.45) is 0 Å². The second-order valence-electron chi connectivity index (χ2n) is 5.47. The average Bonchev–Trinajstić information content (AvgIpc) is 2.63. The van der Waals surface area contributed by atoms with Gasteiger partial charge in [0.2, 0.25) is 0 Å². The third kappa shape index (κ3) is 4.98. The lowest BCUT2D eigenvalue weighted by Gasteiger charge is -2.10. The molecule has 0 aliphatic rings. The third-order valence-electron chi connectivity index (χ3n) is 3.53. The van der Waals surface area contributed by atoms with Crippen LogP contribution in [0.4, 0.5) is 11.4 Å². The van der Waals surface area contributed by atoms with Crippen LogP contribution in [0.1, 0.15) is 20.7 Å². The van der Waals surface area contributed by atoms with Crippen molar-refractivity contribution in [2.45, 2.75) is 0 Å². The maximum absolute atomic E-state index is 12.5. The normalized spacial score (nSPS) is 10.3. The molecule has 0 radical (unpaired) electrons. The Labute approximate surface area is 170 Å². The summed E-state index contributed by atoms with van der Waals surface area (Å²) in [5, 5.41) is 5.89. The van der Waals surface area contributed by atoms with Crippen LogP contribution >= 0.6 is 34.8 Å². The van der Waals surface area contributed by atoms with Gasteiger partial charge in [-0.15, -0.1) is 0 Å². The highest BCUT2D eigenvalue weighted by atomic mass is 35.5. The Morgan fingerprint density at radius 3 is 2.04 bits per heavy atom. The third-order valence-corrected chi connectivity index (χ3v) is 4.24. The van der Waals surface area contributed by atoms with Crippen LogP contribution in [0, 0.1) is 0 Å². The summed E-state index contributed by atoms with van der Waals surface area (Å²) in [6, 6.07) is 16.4. The van der Waals surface area contributed by atoms with Crippen LogP contribution in [-0.2, 0) is 0 Å². The largest absolute Gasteiger partial charge is 0.322 e. The SMILES string of the molecule is O=C(Nc1ccc(Cl)c(C(=O)Nc2ccccc2)c1)c1cc(Cl)nc(Cl)c1. The molecule has 0 saturated carbocycles. The molecular weight excluding hydrogens is 409 g/mol. The highest BCUT2D eigenvalue weighted by Crippen LogP contribution is 2.23. The summed E-state index contributed by atoms with van der Waals surface area (Å²) in [5.41, 5.74) is 1.50. The fourth-order valence-electron chi connectivity index (χ4n) is 2.30. The van der Waals surface area contributed by atoms with Gasteiger partial charge in [-0.25, -0.2) is 4.98 Å². The summed E-state index contributed by atoms with van der Waals surface area (Å²) >= 11 is 17.8. The van der Waals surface area contributed by atoms with Crippen LogP contribution in [0.5, 0.6) is 0 Å². The van der Waals surface area contributed by atoms with Crippen molar-refractivity contribution in [3.8, 4) is 0 Å². The zero-order valence-electron chi connectivity index (χ0n) is 13.7. The molecule has 0 aliphatic heterocycles. The number of hydrogen-bond donors (Lipinski definition) is 2. The molecule has 2 amide bonds. The first-order valence-corrected chi connectivity index (χ1v) is 8.86. The number of halogens is 3. The minimum absolute atomic E-state index is 0.103. The molecule has 1 aromatic heterocycles. The standard InChI is InChI=1S/C19H12Cl3N3O2/c20-15-7-6-13(24-18(26)11-8-16(21)25-17(22)9-11)10-14(15)19(27)23-12-4-2-1-3-5-12/h1-10H,(H,23,27)(H,24,26). The van der Waals surface area contributed by atoms with Gasteiger partial charge >= 0.3 is 0 Å². The number of benzene rings is 2. The lowest BCUT2D eigenvalue weighted by Crippen LogP contribution is -2.15. The van der Waals surface area contributed by atoms with E-state index in [1.54, 1.807) is 30.3 Å². The molecule has 8 heteroatoms. The summed E-state index contributed by atoms with van der Waals surface area (Å²) in [6.45, 7) is 0. The van der Waals surface area contributed by atoms with Gasteiger partial charge in [-0.2, -0.15) is 0 Å². The maximum Gasteiger partial charge on any atom is 0.257 e. The van der Waals surface area contributed by atoms with Crippen LogP contribution in [0.15, 0.2) is 60.7 Å². The molecule has 0 bridgehead atoms. The topological polar surface area (TPSA) is 71.1 Å². The van der Waals surface area contributed by atoms with Gasteiger partial charge in [-0.3, -0.25) is 9.59 Å². The van der Waals surface area contributed by atoms with Crippen molar-refractivity contribution in [1.82, 2.24) is 4.98 Å². The van der Waals surface area contributed by atoms with Crippen LogP contribution in [0.2, 0.25) is 15.3 Å². The first-order valence-electron chi connectivity index (χ1n) is 7.73. The number of anilines is 2. The Morgan fingerprint density at radius 1 is 0.741 bits per heavy atom. The molecule has 0 atom stereocenters. The maximum atomic E-state index is 12.5. The number of carbonyl (C=O) groups is 2. The summed E-state index contributed by atoms with van der Waals surface area (Å²) < 4.78 is 0. The van der Waals surface area contributed by atoms with Crippen molar-refractivity contribution in [3.05, 3.63) is 87.1 Å². The molecule has 3 rings (SSSR count). The Morgan fingerprint density at radius 2 is 1.37 bits per heavy atom. The number of nitrogens with zero attached hydrogens (tertiary/aromatic N) is 1. The monoisotopic (exact) mass is 419 g/mol. The van der Waals surface area contributed by atoms with Crippen LogP contribution < -0.4 is 10.6 Å². The minimum Gasteiger partial charge on any atom is -0.322 e. The second-order valence-corrected chi connectivity index (χ2v) is 6.65. The Kier molecular flexibility index (Phi) is 5.96. The van der Waals surface area contributed by atoms with Crippen molar-refractivity contribution in [3.63, 3.8) is 0 Å². The minimum atomic E-state index is -0.446. The molecule has 0 saturated heterocycles. The average molecular weight is 421 g/mol. The molecule has 27 heavy (non-hydrogen) atoms. The van der Waals surface area contributed by atoms with Crippen LogP contribution in [0.3, 0.4) is 0 Å². The van der Waals surface area contributed by atoms with Gasteiger partial charge in [0.05, 0.1) is 10.6 Å². The molecular formula is C19H12Cl3N3O2. The molecule has 0 unspecified atom stereocenters. The van der Waals surface area contributed by atoms with Gasteiger partial charge in [0.25, 0.3) is 11.8 Å². The lowest BCUT2D eigenvalue weighted by molar-refractivity contribution is 0.101. The summed E-state index contributed by atoms with van der Waals surface area (Å²) in [6.07, 6.45) is 0. The molecule has 136 valence electrons. The van der Waals surface area contributed by atoms with E-state index in [1.807, 2.05) is 6.07 Å². The van der Waals surface area contributed by atoms with E-state index < -0.39 is 11.8 Å². The molecule has 2 aromatic carbocycles. The zero-order chi connectivity index (χ0) is 19.4. The van der Waals surface area contributed by atoms with E-state index in [0.29, 0.717) is 11.4 Å². The molecule has 1 heterocycles. The quantitative estimate of drug-likeness (QED) is 0.544. The van der Waals surface area contributed by atoms with Gasteiger partial charge in [0, 0.05) is 16.9 Å². The molecule has 3 aromatic rings. The molecule has 5 nitrogen and oxygen atoms in total. The summed E-state index contributed by atoms with van der Waals surface area (Å²) in [4.78, 5) is 28.7. The van der Waals surface area contributed by atoms with Crippen LogP contribution in [0.25, 0.3) is 0 Å². The van der Waals surface area contributed by atoms with Crippen molar-refractivity contribution >= 4 is 58.0 Å². The predicted molar refractivity (Wildman–Crippen MR) is 108 cm³/mol. The lowest BCUT2D eigenvalue weighted by atomic mass is 10.1. The number of nitrogens with one attached hydrogen (secondary N) is 2. The zero-order valence-corrected chi connectivity index (χ0v) is 15.9. The smallest absolute Gasteiger partial charge is 0.257 e. The number of hydrogen-bond acceptors (Lipinski definition) is 3. The summed E-state index contributed by atoms with van der Waals surface area (Å²) in [7, 11) is 0. The van der Waals surface area contributed by atoms with E-state index in [0.717, 1.165) is 0 Å². The first kappa shape index (κ1) is 19.2. The van der Waals surface area contributed by atoms with Crippen molar-refractivity contribution < 1.29 is 9.59 Å². The fourth-order valence-corrected chi connectivity index (χ4v) is 2.96. The Bertz CT molecular complexity index is 990. The highest BCUT2D eigenvalue weighted by Gasteiger charge is 2.14. The van der Waals surface area contributed by atoms with Crippen LogP contribution in [-0.4, -0.2) is 16.8 Å². The Balaban J connectivity index is 1.80. The number of amides is 2. The highest BCUT2D eigenvalue weighted by molar-refractivity contribution is 6.35. The van der Waals surface area contributed by atoms with E-state index in [1.165, 1.54) is 24.3 Å². The van der Waals surface area contributed by atoms with Gasteiger partial charge in [0.15, 0.2) is 0 Å². The van der Waals surface area contributed by atoms with Crippen molar-refractivity contribution in [1.29, 1.82) is 0 Å². The number of rotatable bonds is 4. The molecule has 0 fully saturated rings. The van der Waals surface area contributed by atoms with E-state index in [-0.39, 0.29) is 26.5 Å². The van der Waals surface area contributed by atoms with Gasteiger partial charge < -0.3 is 10.6 Å². The molecule has 0 aliphatic carbocycles. The van der Waals surface area contributed by atoms with Crippen molar-refractivity contribution in [2.75, 3.05) is 10.6 Å². The Hall–Kier alpha value is -2.60. The van der Waals surface area contributed by atoms with Gasteiger partial charge in [0.1, 0.15) is 10.3 Å². The number of carbonyl (C=O) groups excluding carboxylic acids is 2. The molecule has 2 N–H and O–H groups in total. The summed E-state index contributed by atoms with van der Waals surface area (Å²) in [5.74, 6) is -0.838. The number of para-hydroxylation sites is 1. The number of pyridine rings is 1. The van der Waals surface area contributed by atoms with E-state index >= 15 is 0 Å². The van der Waals surface area contributed by atoms with E-state index in [4.69, 9.17) is 34.8 Å². The molecule has 0 spiro atoms. The fraction of sp³-hybridized carbons (Fsp3) is 0. The van der Waals surface area contributed by atoms with E-state index in [9.17, 15) is 9.59 Å². The van der Waals surface area contributed by atoms with Gasteiger partial charge in [-0.1, -0.05) is 53.0 Å².